The fourth-order valence-electron chi connectivity index (χ4n) is 7.92. The highest BCUT2D eigenvalue weighted by molar-refractivity contribution is 5.98. The van der Waals surface area contributed by atoms with Gasteiger partial charge in [-0.2, -0.15) is 0 Å². The maximum Gasteiger partial charge on any atom is 0.166 e. The number of hydrogen-bond donors (Lipinski definition) is 2. The number of fused-ring (bicyclic) bond motifs is 2. The van der Waals surface area contributed by atoms with Crippen molar-refractivity contribution >= 4 is 39.0 Å². The second-order valence-corrected chi connectivity index (χ2v) is 14.0. The molecule has 2 atom stereocenters. The fourth-order valence-corrected chi connectivity index (χ4v) is 7.92. The summed E-state index contributed by atoms with van der Waals surface area (Å²) in [5.41, 5.74) is 8.76. The SMILES string of the molecule is COc1ccc(F)cc1-c1ccnc2[nH]c(C3=CCN(C(C)C(=O)C(C)N4CC=C(c5cc6c(-c7cc(F)ccc7OC)ccnc6[nH]5)CC4)CC3)cc12. The van der Waals surface area contributed by atoms with Crippen molar-refractivity contribution in [3.8, 4) is 33.8 Å². The lowest BCUT2D eigenvalue weighted by molar-refractivity contribution is -0.128. The van der Waals surface area contributed by atoms with Crippen LogP contribution in [0.25, 0.3) is 55.5 Å². The minimum atomic E-state index is -0.329. The first-order valence-corrected chi connectivity index (χ1v) is 18.3. The molecule has 6 aromatic rings. The van der Waals surface area contributed by atoms with Gasteiger partial charge in [-0.15, -0.1) is 0 Å². The number of Topliss-reactive ketones (excluding diaryl/α,β-unsaturated/α-hetero) is 1. The molecule has 4 aromatic heterocycles. The van der Waals surface area contributed by atoms with Gasteiger partial charge in [0.15, 0.2) is 5.78 Å². The molecular weight excluding hydrogens is 687 g/mol. The Labute approximate surface area is 312 Å². The van der Waals surface area contributed by atoms with Gasteiger partial charge in [-0.3, -0.25) is 14.6 Å². The average Bonchev–Trinajstić information content (AvgIpc) is 3.85. The zero-order chi connectivity index (χ0) is 37.5. The number of nitrogens with zero attached hydrogens (tertiary/aromatic N) is 4. The second-order valence-electron chi connectivity index (χ2n) is 14.0. The Morgan fingerprint density at radius 2 is 1.11 bits per heavy atom. The molecule has 6 heterocycles. The minimum absolute atomic E-state index is 0.204. The maximum atomic E-state index is 14.2. The van der Waals surface area contributed by atoms with Gasteiger partial charge in [-0.25, -0.2) is 18.7 Å². The molecule has 2 unspecified atom stereocenters. The van der Waals surface area contributed by atoms with E-state index in [1.165, 1.54) is 24.3 Å². The van der Waals surface area contributed by atoms with E-state index in [0.717, 1.165) is 81.7 Å². The third kappa shape index (κ3) is 6.58. The van der Waals surface area contributed by atoms with Gasteiger partial charge in [0.25, 0.3) is 0 Å². The summed E-state index contributed by atoms with van der Waals surface area (Å²) in [5, 5.41) is 1.79. The van der Waals surface area contributed by atoms with E-state index in [4.69, 9.17) is 9.47 Å². The molecular formula is C43H42F2N6O3. The number of benzene rings is 2. The van der Waals surface area contributed by atoms with Crippen LogP contribution in [0.15, 0.2) is 85.2 Å². The predicted octanol–water partition coefficient (Wildman–Crippen LogP) is 8.29. The molecule has 8 rings (SSSR count). The van der Waals surface area contributed by atoms with E-state index in [-0.39, 0.29) is 29.5 Å². The summed E-state index contributed by atoms with van der Waals surface area (Å²) in [6.07, 6.45) is 9.37. The van der Waals surface area contributed by atoms with Crippen LogP contribution in [0, 0.1) is 11.6 Å². The van der Waals surface area contributed by atoms with Gasteiger partial charge >= 0.3 is 0 Å². The third-order valence-electron chi connectivity index (χ3n) is 11.1. The lowest BCUT2D eigenvalue weighted by Gasteiger charge is -2.36. The van der Waals surface area contributed by atoms with Gasteiger partial charge in [0.05, 0.1) is 26.3 Å². The van der Waals surface area contributed by atoms with Crippen molar-refractivity contribution in [1.29, 1.82) is 0 Å². The van der Waals surface area contributed by atoms with Crippen molar-refractivity contribution in [2.45, 2.75) is 38.8 Å². The molecule has 0 spiro atoms. The monoisotopic (exact) mass is 728 g/mol. The van der Waals surface area contributed by atoms with Crippen LogP contribution in [-0.4, -0.2) is 88.0 Å². The van der Waals surface area contributed by atoms with Crippen molar-refractivity contribution in [1.82, 2.24) is 29.7 Å². The number of ketones is 1. The number of halogens is 2. The molecule has 2 N–H and O–H groups in total. The van der Waals surface area contributed by atoms with Crippen LogP contribution in [0.4, 0.5) is 8.78 Å². The van der Waals surface area contributed by atoms with Gasteiger partial charge in [0.1, 0.15) is 34.4 Å². The smallest absolute Gasteiger partial charge is 0.166 e. The van der Waals surface area contributed by atoms with Gasteiger partial charge < -0.3 is 19.4 Å². The van der Waals surface area contributed by atoms with Gasteiger partial charge in [-0.1, -0.05) is 12.2 Å². The summed E-state index contributed by atoms with van der Waals surface area (Å²) in [6, 6.07) is 16.5. The fraction of sp³-hybridized carbons (Fsp3) is 0.279. The Morgan fingerprint density at radius 3 is 1.50 bits per heavy atom. The number of carbonyl (C=O) groups excluding carboxylic acids is 1. The van der Waals surface area contributed by atoms with E-state index in [9.17, 15) is 13.6 Å². The molecule has 2 aromatic carbocycles. The van der Waals surface area contributed by atoms with E-state index >= 15 is 0 Å². The molecule has 276 valence electrons. The number of aromatic amines is 2. The van der Waals surface area contributed by atoms with E-state index in [1.54, 1.807) is 38.7 Å². The molecule has 0 saturated heterocycles. The normalized spacial score (nSPS) is 16.6. The number of aromatic nitrogens is 4. The standard InChI is InChI=1S/C43H42F2N6O3/c1-25(50-17-11-27(12-18-50)37-23-35-31(9-15-46-42(35)48-37)33-21-29(44)5-7-39(33)53-3)41(52)26(2)51-19-13-28(14-20-51)38-24-36-32(10-16-47-43(36)49-38)34-22-30(45)6-8-40(34)54-4/h5-11,13,15-16,21-26H,12,14,17-20H2,1-4H3,(H,46,48)(H,47,49). The number of rotatable bonds is 10. The summed E-state index contributed by atoms with van der Waals surface area (Å²) in [5.74, 6) is 0.738. The van der Waals surface area contributed by atoms with Crippen LogP contribution in [0.2, 0.25) is 0 Å². The Morgan fingerprint density at radius 1 is 0.667 bits per heavy atom. The van der Waals surface area contributed by atoms with Crippen LogP contribution in [0.3, 0.4) is 0 Å². The first-order valence-electron chi connectivity index (χ1n) is 18.3. The Bertz CT molecular complexity index is 2280. The zero-order valence-corrected chi connectivity index (χ0v) is 30.7. The van der Waals surface area contributed by atoms with E-state index < -0.39 is 0 Å². The lowest BCUT2D eigenvalue weighted by atomic mass is 9.97. The summed E-state index contributed by atoms with van der Waals surface area (Å²) in [4.78, 5) is 34.3. The van der Waals surface area contributed by atoms with E-state index in [1.807, 2.05) is 26.0 Å². The first kappa shape index (κ1) is 35.4. The number of methoxy groups -OCH3 is 2. The highest BCUT2D eigenvalue weighted by Crippen LogP contribution is 2.38. The molecule has 2 aliphatic rings. The largest absolute Gasteiger partial charge is 0.496 e. The van der Waals surface area contributed by atoms with Crippen LogP contribution in [-0.2, 0) is 4.79 Å². The number of pyridine rings is 2. The third-order valence-corrected chi connectivity index (χ3v) is 11.1. The molecule has 0 aliphatic carbocycles. The molecule has 0 fully saturated rings. The summed E-state index contributed by atoms with van der Waals surface area (Å²) in [6.45, 7) is 6.84. The summed E-state index contributed by atoms with van der Waals surface area (Å²) < 4.78 is 39.5. The van der Waals surface area contributed by atoms with Crippen molar-refractivity contribution in [3.63, 3.8) is 0 Å². The molecule has 0 bridgehead atoms. The highest BCUT2D eigenvalue weighted by Gasteiger charge is 2.31. The molecule has 0 amide bonds. The van der Waals surface area contributed by atoms with Crippen LogP contribution in [0.1, 0.15) is 38.1 Å². The van der Waals surface area contributed by atoms with Gasteiger partial charge in [0, 0.05) is 71.9 Å². The van der Waals surface area contributed by atoms with Gasteiger partial charge in [-0.05, 0) is 110 Å². The number of ether oxygens (including phenoxy) is 2. The van der Waals surface area contributed by atoms with E-state index in [0.29, 0.717) is 35.7 Å². The van der Waals surface area contributed by atoms with Crippen molar-refractivity contribution in [3.05, 3.63) is 108 Å². The van der Waals surface area contributed by atoms with Gasteiger partial charge in [0.2, 0.25) is 0 Å². The molecule has 54 heavy (non-hydrogen) atoms. The average molecular weight is 729 g/mol. The van der Waals surface area contributed by atoms with Crippen LogP contribution in [0.5, 0.6) is 11.5 Å². The number of hydrogen-bond acceptors (Lipinski definition) is 7. The topological polar surface area (TPSA) is 99.4 Å². The van der Waals surface area contributed by atoms with Crippen molar-refractivity contribution in [2.24, 2.45) is 0 Å². The lowest BCUT2D eigenvalue weighted by Crippen LogP contribution is -2.50. The molecule has 0 radical (unpaired) electrons. The highest BCUT2D eigenvalue weighted by atomic mass is 19.1. The summed E-state index contributed by atoms with van der Waals surface area (Å²) >= 11 is 0. The minimum Gasteiger partial charge on any atom is -0.496 e. The second kappa shape index (κ2) is 14.6. The first-order chi connectivity index (χ1) is 26.2. The van der Waals surface area contributed by atoms with Crippen molar-refractivity contribution in [2.75, 3.05) is 40.4 Å². The Balaban J connectivity index is 0.932. The van der Waals surface area contributed by atoms with Crippen LogP contribution < -0.4 is 9.47 Å². The molecule has 9 nitrogen and oxygen atoms in total. The molecule has 0 saturated carbocycles. The van der Waals surface area contributed by atoms with Crippen LogP contribution >= 0.6 is 0 Å². The summed E-state index contributed by atoms with van der Waals surface area (Å²) in [7, 11) is 3.16. The predicted molar refractivity (Wildman–Crippen MR) is 208 cm³/mol. The number of carbonyl (C=O) groups is 1. The number of H-pyrrole nitrogens is 2. The maximum absolute atomic E-state index is 14.2. The molecule has 2 aliphatic heterocycles. The zero-order valence-electron chi connectivity index (χ0n) is 30.7. The van der Waals surface area contributed by atoms with Crippen molar-refractivity contribution < 1.29 is 23.0 Å². The quantitative estimate of drug-likeness (QED) is 0.147. The Kier molecular flexibility index (Phi) is 9.59. The number of nitrogens with one attached hydrogen (secondary N) is 2. The Hall–Kier alpha value is -5.65. The van der Waals surface area contributed by atoms with E-state index in [2.05, 4.69) is 54.0 Å². The molecule has 11 heteroatoms.